The zero-order valence-corrected chi connectivity index (χ0v) is 7.04. The van der Waals surface area contributed by atoms with Crippen molar-refractivity contribution < 1.29 is 9.34 Å². The SMILES string of the molecule is O=c1oc2ccc([N+](=O)[O-])cc2s1. The predicted molar refractivity (Wildman–Crippen MR) is 47.0 cm³/mol. The van der Waals surface area contributed by atoms with Crippen molar-refractivity contribution in [1.82, 2.24) is 0 Å². The molecule has 0 bridgehead atoms. The molecule has 0 radical (unpaired) electrons. The van der Waals surface area contributed by atoms with Gasteiger partial charge in [0.1, 0.15) is 5.58 Å². The molecule has 0 spiro atoms. The van der Waals surface area contributed by atoms with Crippen molar-refractivity contribution in [2.75, 3.05) is 0 Å². The highest BCUT2D eigenvalue weighted by atomic mass is 32.1. The van der Waals surface area contributed by atoms with E-state index in [0.717, 1.165) is 11.3 Å². The van der Waals surface area contributed by atoms with Crippen molar-refractivity contribution in [1.29, 1.82) is 0 Å². The Morgan fingerprint density at radius 3 is 2.92 bits per heavy atom. The zero-order chi connectivity index (χ0) is 9.42. The van der Waals surface area contributed by atoms with Gasteiger partial charge in [-0.3, -0.25) is 10.1 Å². The first-order valence-corrected chi connectivity index (χ1v) is 4.16. The monoisotopic (exact) mass is 197 g/mol. The second kappa shape index (κ2) is 2.67. The van der Waals surface area contributed by atoms with E-state index in [2.05, 4.69) is 0 Å². The number of fused-ring (bicyclic) bond motifs is 1. The van der Waals surface area contributed by atoms with Crippen LogP contribution in [0.1, 0.15) is 0 Å². The average Bonchev–Trinajstić information content (AvgIpc) is 2.42. The maximum Gasteiger partial charge on any atom is 0.396 e. The molecule has 1 heterocycles. The maximum absolute atomic E-state index is 10.8. The predicted octanol–water partition coefficient (Wildman–Crippen LogP) is 1.76. The lowest BCUT2D eigenvalue weighted by atomic mass is 10.3. The van der Waals surface area contributed by atoms with E-state index >= 15 is 0 Å². The number of nitrogens with zero attached hydrogens (tertiary/aromatic N) is 1. The molecule has 0 N–H and O–H groups in total. The quantitative estimate of drug-likeness (QED) is 0.515. The van der Waals surface area contributed by atoms with E-state index in [0.29, 0.717) is 10.3 Å². The molecule has 5 nitrogen and oxygen atoms in total. The molecule has 1 aromatic carbocycles. The van der Waals surface area contributed by atoms with Crippen molar-refractivity contribution in [3.63, 3.8) is 0 Å². The smallest absolute Gasteiger partial charge is 0.396 e. The van der Waals surface area contributed by atoms with Gasteiger partial charge in [0.25, 0.3) is 5.69 Å². The van der Waals surface area contributed by atoms with E-state index in [1.54, 1.807) is 0 Å². The second-order valence-electron chi connectivity index (χ2n) is 2.34. The molecule has 2 aromatic rings. The molecule has 6 heteroatoms. The van der Waals surface area contributed by atoms with Gasteiger partial charge in [0.05, 0.1) is 9.62 Å². The first kappa shape index (κ1) is 7.93. The van der Waals surface area contributed by atoms with E-state index in [-0.39, 0.29) is 5.69 Å². The third-order valence-electron chi connectivity index (χ3n) is 1.52. The summed E-state index contributed by atoms with van der Waals surface area (Å²) in [5.41, 5.74) is 0.352. The minimum Gasteiger partial charge on any atom is -0.414 e. The summed E-state index contributed by atoms with van der Waals surface area (Å²) < 4.78 is 5.24. The Labute approximate surface area is 75.4 Å². The van der Waals surface area contributed by atoms with Crippen LogP contribution in [0.2, 0.25) is 0 Å². The van der Waals surface area contributed by atoms with Gasteiger partial charge in [-0.2, -0.15) is 0 Å². The number of rotatable bonds is 1. The van der Waals surface area contributed by atoms with Gasteiger partial charge in [-0.15, -0.1) is 0 Å². The van der Waals surface area contributed by atoms with Gasteiger partial charge in [0.15, 0.2) is 0 Å². The standard InChI is InChI=1S/C7H3NO4S/c9-7-12-5-2-1-4(8(10)11)3-6(5)13-7/h1-3H. The Bertz CT molecular complexity index is 527. The zero-order valence-electron chi connectivity index (χ0n) is 6.22. The van der Waals surface area contributed by atoms with Crippen LogP contribution in [-0.4, -0.2) is 4.92 Å². The fraction of sp³-hybridized carbons (Fsp3) is 0. The van der Waals surface area contributed by atoms with Gasteiger partial charge in [-0.25, -0.2) is 4.79 Å². The molecular weight excluding hydrogens is 194 g/mol. The van der Waals surface area contributed by atoms with E-state index in [4.69, 9.17) is 4.42 Å². The number of nitro groups is 1. The van der Waals surface area contributed by atoms with E-state index in [1.807, 2.05) is 0 Å². The summed E-state index contributed by atoms with van der Waals surface area (Å²) in [7, 11) is 0. The van der Waals surface area contributed by atoms with Crippen molar-refractivity contribution in [2.24, 2.45) is 0 Å². The highest BCUT2D eigenvalue weighted by Crippen LogP contribution is 2.22. The Morgan fingerprint density at radius 1 is 1.46 bits per heavy atom. The molecule has 0 fully saturated rings. The largest absolute Gasteiger partial charge is 0.414 e. The van der Waals surface area contributed by atoms with Crippen molar-refractivity contribution in [2.45, 2.75) is 0 Å². The van der Waals surface area contributed by atoms with E-state index < -0.39 is 9.86 Å². The summed E-state index contributed by atoms with van der Waals surface area (Å²) in [5.74, 6) is 0. The van der Waals surface area contributed by atoms with Gasteiger partial charge in [-0.1, -0.05) is 11.3 Å². The van der Waals surface area contributed by atoms with Crippen molar-refractivity contribution in [3.8, 4) is 0 Å². The Balaban J connectivity index is 2.74. The third kappa shape index (κ3) is 1.31. The molecule has 0 aliphatic rings. The summed E-state index contributed by atoms with van der Waals surface area (Å²) in [6, 6.07) is 4.05. The highest BCUT2D eigenvalue weighted by molar-refractivity contribution is 7.16. The normalized spacial score (nSPS) is 10.5. The van der Waals surface area contributed by atoms with Crippen molar-refractivity contribution >= 4 is 27.3 Å². The van der Waals surface area contributed by atoms with Crippen LogP contribution in [0.3, 0.4) is 0 Å². The third-order valence-corrected chi connectivity index (χ3v) is 2.31. The summed E-state index contributed by atoms with van der Waals surface area (Å²) >= 11 is 0.857. The number of hydrogen-bond acceptors (Lipinski definition) is 5. The summed E-state index contributed by atoms with van der Waals surface area (Å²) in [6.45, 7) is 0. The topological polar surface area (TPSA) is 73.3 Å². The van der Waals surface area contributed by atoms with Crippen LogP contribution >= 0.6 is 11.3 Å². The lowest BCUT2D eigenvalue weighted by Crippen LogP contribution is -1.85. The fourth-order valence-corrected chi connectivity index (χ4v) is 1.68. The molecule has 13 heavy (non-hydrogen) atoms. The molecule has 0 saturated heterocycles. The number of nitro benzene ring substituents is 1. The number of non-ortho nitro benzene ring substituents is 1. The number of benzene rings is 1. The second-order valence-corrected chi connectivity index (χ2v) is 3.32. The van der Waals surface area contributed by atoms with Crippen LogP contribution in [0.5, 0.6) is 0 Å². The minimum atomic E-state index is -0.510. The molecule has 0 atom stereocenters. The maximum atomic E-state index is 10.8. The lowest BCUT2D eigenvalue weighted by molar-refractivity contribution is -0.384. The average molecular weight is 197 g/mol. The molecule has 0 saturated carbocycles. The molecule has 1 aromatic heterocycles. The van der Waals surface area contributed by atoms with Gasteiger partial charge < -0.3 is 4.42 Å². The van der Waals surface area contributed by atoms with Crippen LogP contribution in [0.25, 0.3) is 10.3 Å². The van der Waals surface area contributed by atoms with E-state index in [9.17, 15) is 14.9 Å². The summed E-state index contributed by atoms with van der Waals surface area (Å²) in [6.07, 6.45) is 0. The van der Waals surface area contributed by atoms with Crippen molar-refractivity contribution in [3.05, 3.63) is 38.0 Å². The minimum absolute atomic E-state index is 0.0375. The van der Waals surface area contributed by atoms with Gasteiger partial charge in [0.2, 0.25) is 0 Å². The Morgan fingerprint density at radius 2 is 2.23 bits per heavy atom. The Hall–Kier alpha value is -1.69. The van der Waals surface area contributed by atoms with Crippen LogP contribution in [0.15, 0.2) is 27.4 Å². The van der Waals surface area contributed by atoms with Crippen LogP contribution in [-0.2, 0) is 0 Å². The van der Waals surface area contributed by atoms with Crippen LogP contribution in [0.4, 0.5) is 5.69 Å². The molecule has 0 aliphatic carbocycles. The Kier molecular flexibility index (Phi) is 1.63. The summed E-state index contributed by atoms with van der Waals surface area (Å²) in [5, 5.41) is 10.4. The van der Waals surface area contributed by atoms with E-state index in [1.165, 1.54) is 18.2 Å². The molecular formula is C7H3NO4S. The first-order chi connectivity index (χ1) is 6.16. The number of hydrogen-bond donors (Lipinski definition) is 0. The fourth-order valence-electron chi connectivity index (χ4n) is 0.975. The highest BCUT2D eigenvalue weighted by Gasteiger charge is 2.09. The first-order valence-electron chi connectivity index (χ1n) is 3.35. The van der Waals surface area contributed by atoms with Gasteiger partial charge in [-0.05, 0) is 6.07 Å². The van der Waals surface area contributed by atoms with Crippen LogP contribution in [0, 0.1) is 10.1 Å². The van der Waals surface area contributed by atoms with Gasteiger partial charge in [0, 0.05) is 12.1 Å². The summed E-state index contributed by atoms with van der Waals surface area (Å²) in [4.78, 5) is 20.1. The molecule has 0 amide bonds. The van der Waals surface area contributed by atoms with Crippen LogP contribution < -0.4 is 4.94 Å². The molecule has 0 aliphatic heterocycles. The lowest BCUT2D eigenvalue weighted by Gasteiger charge is -1.88. The molecule has 2 rings (SSSR count). The molecule has 66 valence electrons. The molecule has 0 unspecified atom stereocenters. The van der Waals surface area contributed by atoms with Gasteiger partial charge >= 0.3 is 4.94 Å².